The molecule has 0 heterocycles. The summed E-state index contributed by atoms with van der Waals surface area (Å²) >= 11 is 7.18. The van der Waals surface area contributed by atoms with Crippen LogP contribution in [0.25, 0.3) is 22.3 Å². The van der Waals surface area contributed by atoms with E-state index >= 15 is 0 Å². The third kappa shape index (κ3) is 5.62. The zero-order valence-corrected chi connectivity index (χ0v) is 22.4. The van der Waals surface area contributed by atoms with Crippen molar-refractivity contribution in [1.82, 2.24) is 4.90 Å². The fraction of sp³-hybridized carbons (Fsp3) is 0.296. The van der Waals surface area contributed by atoms with Gasteiger partial charge >= 0.3 is 6.09 Å². The van der Waals surface area contributed by atoms with Gasteiger partial charge in [0.1, 0.15) is 5.75 Å². The topological polar surface area (TPSA) is 29.5 Å². The second kappa shape index (κ2) is 10.2. The molecular weight excluding hydrogens is 530 g/mol. The van der Waals surface area contributed by atoms with Crippen LogP contribution in [0, 0.1) is 0 Å². The van der Waals surface area contributed by atoms with Crippen molar-refractivity contribution in [2.45, 2.75) is 40.0 Å². The fourth-order valence-corrected chi connectivity index (χ4v) is 4.34. The van der Waals surface area contributed by atoms with Crippen LogP contribution >= 0.6 is 31.9 Å². The van der Waals surface area contributed by atoms with Gasteiger partial charge in [-0.05, 0) is 72.4 Å². The molecule has 5 heteroatoms. The minimum absolute atomic E-state index is 0.0804. The number of rotatable bonds is 5. The van der Waals surface area contributed by atoms with Gasteiger partial charge in [-0.3, -0.25) is 0 Å². The van der Waals surface area contributed by atoms with Gasteiger partial charge in [0.05, 0.1) is 0 Å². The van der Waals surface area contributed by atoms with Crippen LogP contribution in [0.4, 0.5) is 4.79 Å². The number of amides is 1. The molecule has 0 radical (unpaired) electrons. The maximum absolute atomic E-state index is 13.0. The third-order valence-electron chi connectivity index (χ3n) is 5.44. The molecule has 0 bridgehead atoms. The van der Waals surface area contributed by atoms with Crippen LogP contribution in [-0.2, 0) is 5.41 Å². The van der Waals surface area contributed by atoms with Crippen molar-refractivity contribution >= 4 is 38.0 Å². The number of benzene rings is 3. The van der Waals surface area contributed by atoms with Gasteiger partial charge in [-0.25, -0.2) is 4.79 Å². The smallest absolute Gasteiger partial charge is 0.409 e. The highest BCUT2D eigenvalue weighted by Gasteiger charge is 2.24. The standard InChI is InChI=1S/C27H29Br2NO2/c1-6-30(7-2)26(31)32-25-23(18-10-8-12-21(28)14-18)16-20(27(3,4)5)17-24(25)19-11-9-13-22(29)15-19/h8-17H,6-7H2,1-5H3. The van der Waals surface area contributed by atoms with Crippen molar-refractivity contribution in [2.24, 2.45) is 0 Å². The predicted molar refractivity (Wildman–Crippen MR) is 140 cm³/mol. The van der Waals surface area contributed by atoms with Crippen molar-refractivity contribution in [2.75, 3.05) is 13.1 Å². The van der Waals surface area contributed by atoms with Crippen LogP contribution in [0.15, 0.2) is 69.6 Å². The predicted octanol–water partition coefficient (Wildman–Crippen LogP) is 8.68. The van der Waals surface area contributed by atoms with Crippen molar-refractivity contribution in [3.8, 4) is 28.0 Å². The molecule has 3 nitrogen and oxygen atoms in total. The molecule has 0 aliphatic carbocycles. The molecule has 3 rings (SSSR count). The number of ether oxygens (including phenoxy) is 1. The van der Waals surface area contributed by atoms with E-state index in [-0.39, 0.29) is 11.5 Å². The first-order valence-corrected chi connectivity index (χ1v) is 12.4. The zero-order valence-electron chi connectivity index (χ0n) is 19.2. The average molecular weight is 559 g/mol. The van der Waals surface area contributed by atoms with E-state index in [9.17, 15) is 4.79 Å². The van der Waals surface area contributed by atoms with Gasteiger partial charge in [0.2, 0.25) is 0 Å². The third-order valence-corrected chi connectivity index (χ3v) is 6.42. The minimum atomic E-state index is -0.342. The first-order valence-electron chi connectivity index (χ1n) is 10.8. The number of hydrogen-bond donors (Lipinski definition) is 0. The zero-order chi connectivity index (χ0) is 23.5. The molecule has 0 N–H and O–H groups in total. The Morgan fingerprint density at radius 2 is 1.31 bits per heavy atom. The number of halogens is 2. The summed E-state index contributed by atoms with van der Waals surface area (Å²) in [4.78, 5) is 14.7. The molecule has 3 aromatic rings. The summed E-state index contributed by atoms with van der Waals surface area (Å²) in [5, 5.41) is 0. The molecule has 0 spiro atoms. The van der Waals surface area contributed by atoms with Gasteiger partial charge < -0.3 is 9.64 Å². The SMILES string of the molecule is CCN(CC)C(=O)Oc1c(-c2cccc(Br)c2)cc(C(C)(C)C)cc1-c1cccc(Br)c1. The highest BCUT2D eigenvalue weighted by molar-refractivity contribution is 9.10. The summed E-state index contributed by atoms with van der Waals surface area (Å²) < 4.78 is 8.08. The highest BCUT2D eigenvalue weighted by Crippen LogP contribution is 2.44. The van der Waals surface area contributed by atoms with Gasteiger partial charge in [0.15, 0.2) is 0 Å². The molecule has 0 fully saturated rings. The Labute approximate surface area is 208 Å². The van der Waals surface area contributed by atoms with E-state index in [0.717, 1.165) is 31.2 Å². The molecule has 0 saturated heterocycles. The lowest BCUT2D eigenvalue weighted by Gasteiger charge is -2.26. The first kappa shape index (κ1) is 24.5. The summed E-state index contributed by atoms with van der Waals surface area (Å²) in [6, 6.07) is 20.5. The van der Waals surface area contributed by atoms with Crippen LogP contribution in [0.2, 0.25) is 0 Å². The lowest BCUT2D eigenvalue weighted by molar-refractivity contribution is 0.157. The molecule has 0 aromatic heterocycles. The normalized spacial score (nSPS) is 11.3. The Hall–Kier alpha value is -2.11. The summed E-state index contributed by atoms with van der Waals surface area (Å²) in [7, 11) is 0. The lowest BCUT2D eigenvalue weighted by Crippen LogP contribution is -2.33. The molecule has 32 heavy (non-hydrogen) atoms. The Morgan fingerprint density at radius 1 is 0.844 bits per heavy atom. The summed E-state index contributed by atoms with van der Waals surface area (Å²) in [6.45, 7) is 11.7. The van der Waals surface area contributed by atoms with Crippen molar-refractivity contribution in [3.63, 3.8) is 0 Å². The van der Waals surface area contributed by atoms with Gasteiger partial charge in [0.25, 0.3) is 0 Å². The van der Waals surface area contributed by atoms with E-state index in [1.807, 2.05) is 50.2 Å². The first-order chi connectivity index (χ1) is 15.1. The molecule has 1 amide bonds. The quantitative estimate of drug-likeness (QED) is 0.313. The van der Waals surface area contributed by atoms with E-state index < -0.39 is 0 Å². The van der Waals surface area contributed by atoms with E-state index in [2.05, 4.69) is 76.9 Å². The molecule has 0 aliphatic rings. The Kier molecular flexibility index (Phi) is 7.84. The largest absolute Gasteiger partial charge is 0.415 e. The summed E-state index contributed by atoms with van der Waals surface area (Å²) in [6.07, 6.45) is -0.342. The Balaban J connectivity index is 2.34. The average Bonchev–Trinajstić information content (AvgIpc) is 2.74. The molecule has 0 unspecified atom stereocenters. The van der Waals surface area contributed by atoms with Crippen molar-refractivity contribution in [1.29, 1.82) is 0 Å². The van der Waals surface area contributed by atoms with E-state index in [1.54, 1.807) is 4.90 Å². The van der Waals surface area contributed by atoms with Crippen LogP contribution in [-0.4, -0.2) is 24.1 Å². The van der Waals surface area contributed by atoms with Gasteiger partial charge in [0, 0.05) is 33.2 Å². The molecular formula is C27H29Br2NO2. The minimum Gasteiger partial charge on any atom is -0.409 e. The number of carbonyl (C=O) groups excluding carboxylic acids is 1. The summed E-state index contributed by atoms with van der Waals surface area (Å²) in [5.41, 5.74) is 4.87. The van der Waals surface area contributed by atoms with Crippen molar-refractivity contribution < 1.29 is 9.53 Å². The molecule has 0 atom stereocenters. The maximum atomic E-state index is 13.0. The van der Waals surface area contributed by atoms with Gasteiger partial charge in [-0.2, -0.15) is 0 Å². The Morgan fingerprint density at radius 3 is 1.69 bits per heavy atom. The monoisotopic (exact) mass is 557 g/mol. The number of nitrogens with zero attached hydrogens (tertiary/aromatic N) is 1. The highest BCUT2D eigenvalue weighted by atomic mass is 79.9. The van der Waals surface area contributed by atoms with Gasteiger partial charge in [-0.15, -0.1) is 0 Å². The second-order valence-corrected chi connectivity index (χ2v) is 10.5. The fourth-order valence-electron chi connectivity index (χ4n) is 3.55. The van der Waals surface area contributed by atoms with Crippen LogP contribution in [0.1, 0.15) is 40.2 Å². The van der Waals surface area contributed by atoms with Gasteiger partial charge in [-0.1, -0.05) is 76.9 Å². The van der Waals surface area contributed by atoms with Crippen LogP contribution in [0.3, 0.4) is 0 Å². The van der Waals surface area contributed by atoms with E-state index in [0.29, 0.717) is 18.8 Å². The Bertz CT molecular complexity index is 1050. The number of carbonyl (C=O) groups is 1. The molecule has 3 aromatic carbocycles. The molecule has 0 saturated carbocycles. The number of hydrogen-bond acceptors (Lipinski definition) is 2. The summed E-state index contributed by atoms with van der Waals surface area (Å²) in [5.74, 6) is 0.575. The molecule has 0 aliphatic heterocycles. The van der Waals surface area contributed by atoms with Crippen LogP contribution < -0.4 is 4.74 Å². The van der Waals surface area contributed by atoms with E-state index in [4.69, 9.17) is 4.74 Å². The van der Waals surface area contributed by atoms with Crippen molar-refractivity contribution in [3.05, 3.63) is 75.2 Å². The van der Waals surface area contributed by atoms with E-state index in [1.165, 1.54) is 5.56 Å². The molecule has 168 valence electrons. The lowest BCUT2D eigenvalue weighted by atomic mass is 9.82. The maximum Gasteiger partial charge on any atom is 0.415 e. The van der Waals surface area contributed by atoms with Crippen LogP contribution in [0.5, 0.6) is 5.75 Å². The second-order valence-electron chi connectivity index (χ2n) is 8.71.